The quantitative estimate of drug-likeness (QED) is 0.729. The second-order valence-corrected chi connectivity index (χ2v) is 8.59. The van der Waals surface area contributed by atoms with Gasteiger partial charge in [0, 0.05) is 18.4 Å². The summed E-state index contributed by atoms with van der Waals surface area (Å²) in [6.07, 6.45) is 6.98. The molecule has 8 nitrogen and oxygen atoms in total. The smallest absolute Gasteiger partial charge is 0.315 e. The number of carboxylic acid groups (broad SMARTS) is 1. The largest absolute Gasteiger partial charge is 0.481 e. The number of hydrogen-bond donors (Lipinski definition) is 3. The normalized spacial score (nSPS) is 31.0. The molecule has 2 aliphatic carbocycles. The Morgan fingerprint density at radius 2 is 1.89 bits per heavy atom. The Bertz CT molecular complexity index is 647. The van der Waals surface area contributed by atoms with E-state index >= 15 is 0 Å². The van der Waals surface area contributed by atoms with Gasteiger partial charge in [-0.2, -0.15) is 5.10 Å². The standard InChI is InChI=1S/C19H30N4O4/c1-19(2,3)27-15-11-14(16(15)23-10-4-9-20-23)22-18(26)21-13-7-5-12(6-8-13)17(24)25/h4,9-10,12-16H,5-8,11H2,1-3H3,(H,24,25)(H2,21,22,26). The number of ether oxygens (including phenoxy) is 1. The number of amides is 2. The van der Waals surface area contributed by atoms with Gasteiger partial charge in [0.15, 0.2) is 0 Å². The topological polar surface area (TPSA) is 105 Å². The summed E-state index contributed by atoms with van der Waals surface area (Å²) in [6, 6.07) is 1.61. The van der Waals surface area contributed by atoms with Crippen molar-refractivity contribution < 1.29 is 19.4 Å². The minimum atomic E-state index is -0.737. The number of carboxylic acids is 1. The zero-order chi connectivity index (χ0) is 19.6. The molecule has 0 saturated heterocycles. The van der Waals surface area contributed by atoms with Gasteiger partial charge in [0.1, 0.15) is 0 Å². The molecule has 3 unspecified atom stereocenters. The van der Waals surface area contributed by atoms with E-state index in [-0.39, 0.29) is 41.8 Å². The van der Waals surface area contributed by atoms with Gasteiger partial charge in [-0.1, -0.05) is 0 Å². The molecule has 1 aromatic rings. The molecule has 2 amide bonds. The van der Waals surface area contributed by atoms with Gasteiger partial charge in [-0.05, 0) is 58.9 Å². The van der Waals surface area contributed by atoms with Gasteiger partial charge in [0.2, 0.25) is 0 Å². The first-order valence-corrected chi connectivity index (χ1v) is 9.70. The third-order valence-electron chi connectivity index (χ3n) is 5.34. The van der Waals surface area contributed by atoms with Crippen LogP contribution in [0.4, 0.5) is 4.79 Å². The Labute approximate surface area is 159 Å². The molecular weight excluding hydrogens is 348 g/mol. The van der Waals surface area contributed by atoms with Crippen molar-refractivity contribution in [2.45, 2.75) is 82.7 Å². The van der Waals surface area contributed by atoms with Crippen LogP contribution in [0.3, 0.4) is 0 Å². The zero-order valence-corrected chi connectivity index (χ0v) is 16.2. The molecule has 2 saturated carbocycles. The first kappa shape index (κ1) is 19.7. The van der Waals surface area contributed by atoms with Crippen LogP contribution >= 0.6 is 0 Å². The molecule has 0 aliphatic heterocycles. The predicted molar refractivity (Wildman–Crippen MR) is 99.3 cm³/mol. The summed E-state index contributed by atoms with van der Waals surface area (Å²) in [5, 5.41) is 19.4. The second kappa shape index (κ2) is 7.88. The van der Waals surface area contributed by atoms with E-state index in [9.17, 15) is 9.59 Å². The summed E-state index contributed by atoms with van der Waals surface area (Å²) in [6.45, 7) is 6.07. The molecule has 0 aromatic carbocycles. The highest BCUT2D eigenvalue weighted by atomic mass is 16.5. The van der Waals surface area contributed by atoms with Crippen LogP contribution in [0.15, 0.2) is 18.5 Å². The third-order valence-corrected chi connectivity index (χ3v) is 5.34. The van der Waals surface area contributed by atoms with E-state index in [0.29, 0.717) is 25.7 Å². The average Bonchev–Trinajstić information content (AvgIpc) is 3.06. The van der Waals surface area contributed by atoms with Crippen LogP contribution in [0.1, 0.15) is 58.9 Å². The van der Waals surface area contributed by atoms with Crippen molar-refractivity contribution >= 4 is 12.0 Å². The van der Waals surface area contributed by atoms with Crippen LogP contribution in [-0.4, -0.2) is 50.7 Å². The Kier molecular flexibility index (Phi) is 5.74. The number of nitrogens with zero attached hydrogens (tertiary/aromatic N) is 2. The number of aromatic nitrogens is 2. The van der Waals surface area contributed by atoms with E-state index in [1.54, 1.807) is 6.20 Å². The van der Waals surface area contributed by atoms with Crippen molar-refractivity contribution in [2.24, 2.45) is 5.92 Å². The molecule has 2 fully saturated rings. The van der Waals surface area contributed by atoms with Gasteiger partial charge in [-0.3, -0.25) is 9.48 Å². The fraction of sp³-hybridized carbons (Fsp3) is 0.737. The number of nitrogens with one attached hydrogen (secondary N) is 2. The first-order valence-electron chi connectivity index (χ1n) is 9.70. The molecule has 0 spiro atoms. The van der Waals surface area contributed by atoms with E-state index in [0.717, 1.165) is 6.42 Å². The van der Waals surface area contributed by atoms with Gasteiger partial charge in [0.05, 0.1) is 29.7 Å². The van der Waals surface area contributed by atoms with Crippen LogP contribution in [0.2, 0.25) is 0 Å². The molecule has 27 heavy (non-hydrogen) atoms. The fourth-order valence-corrected chi connectivity index (χ4v) is 4.00. The minimum absolute atomic E-state index is 0.00112. The van der Waals surface area contributed by atoms with Crippen LogP contribution in [0.25, 0.3) is 0 Å². The summed E-state index contributed by atoms with van der Waals surface area (Å²) in [5.74, 6) is -1.02. The number of urea groups is 1. The molecule has 0 radical (unpaired) electrons. The van der Waals surface area contributed by atoms with Gasteiger partial charge in [-0.15, -0.1) is 0 Å². The van der Waals surface area contributed by atoms with Crippen molar-refractivity contribution in [3.8, 4) is 0 Å². The maximum Gasteiger partial charge on any atom is 0.315 e. The number of rotatable bonds is 5. The Morgan fingerprint density at radius 1 is 1.19 bits per heavy atom. The summed E-state index contributed by atoms with van der Waals surface area (Å²) >= 11 is 0. The van der Waals surface area contributed by atoms with E-state index in [1.807, 2.05) is 37.7 Å². The molecule has 1 aromatic heterocycles. The number of carbonyl (C=O) groups excluding carboxylic acids is 1. The van der Waals surface area contributed by atoms with E-state index in [2.05, 4.69) is 15.7 Å². The van der Waals surface area contributed by atoms with Crippen molar-refractivity contribution in [2.75, 3.05) is 0 Å². The van der Waals surface area contributed by atoms with Crippen molar-refractivity contribution in [1.82, 2.24) is 20.4 Å². The second-order valence-electron chi connectivity index (χ2n) is 8.59. The van der Waals surface area contributed by atoms with Gasteiger partial charge in [-0.25, -0.2) is 4.79 Å². The number of hydrogen-bond acceptors (Lipinski definition) is 4. The molecule has 3 atom stereocenters. The highest BCUT2D eigenvalue weighted by molar-refractivity contribution is 5.75. The van der Waals surface area contributed by atoms with Crippen molar-refractivity contribution in [3.63, 3.8) is 0 Å². The lowest BCUT2D eigenvalue weighted by Gasteiger charge is -2.47. The molecular formula is C19H30N4O4. The SMILES string of the molecule is CC(C)(C)OC1CC(NC(=O)NC2CCC(C(=O)O)CC2)C1n1cccn1. The highest BCUT2D eigenvalue weighted by Gasteiger charge is 2.46. The molecule has 8 heteroatoms. The third kappa shape index (κ3) is 5.00. The summed E-state index contributed by atoms with van der Waals surface area (Å²) in [7, 11) is 0. The molecule has 3 rings (SSSR count). The molecule has 1 heterocycles. The molecule has 0 bridgehead atoms. The van der Waals surface area contributed by atoms with Crippen LogP contribution < -0.4 is 10.6 Å². The maximum atomic E-state index is 12.4. The Hall–Kier alpha value is -2.09. The lowest BCUT2D eigenvalue weighted by atomic mass is 9.82. The summed E-state index contributed by atoms with van der Waals surface area (Å²) in [5.41, 5.74) is -0.258. The minimum Gasteiger partial charge on any atom is -0.481 e. The van der Waals surface area contributed by atoms with Gasteiger partial charge < -0.3 is 20.5 Å². The first-order chi connectivity index (χ1) is 12.7. The Balaban J connectivity index is 1.52. The molecule has 2 aliphatic rings. The van der Waals surface area contributed by atoms with Gasteiger partial charge in [0.25, 0.3) is 0 Å². The number of aliphatic carboxylic acids is 1. The lowest BCUT2D eigenvalue weighted by molar-refractivity contribution is -0.142. The van der Waals surface area contributed by atoms with Crippen LogP contribution in [0, 0.1) is 5.92 Å². The van der Waals surface area contributed by atoms with Crippen molar-refractivity contribution in [3.05, 3.63) is 18.5 Å². The summed E-state index contributed by atoms with van der Waals surface area (Å²) < 4.78 is 7.97. The van der Waals surface area contributed by atoms with Crippen LogP contribution in [0.5, 0.6) is 0 Å². The highest BCUT2D eigenvalue weighted by Crippen LogP contribution is 2.37. The van der Waals surface area contributed by atoms with E-state index in [1.165, 1.54) is 0 Å². The predicted octanol–water partition coefficient (Wildman–Crippen LogP) is 2.32. The average molecular weight is 378 g/mol. The maximum absolute atomic E-state index is 12.4. The van der Waals surface area contributed by atoms with Crippen LogP contribution in [-0.2, 0) is 9.53 Å². The Morgan fingerprint density at radius 3 is 2.44 bits per heavy atom. The molecule has 150 valence electrons. The van der Waals surface area contributed by atoms with Crippen molar-refractivity contribution in [1.29, 1.82) is 0 Å². The monoisotopic (exact) mass is 378 g/mol. The van der Waals surface area contributed by atoms with Gasteiger partial charge >= 0.3 is 12.0 Å². The summed E-state index contributed by atoms with van der Waals surface area (Å²) in [4.78, 5) is 23.5. The van der Waals surface area contributed by atoms with E-state index < -0.39 is 5.97 Å². The number of carbonyl (C=O) groups is 2. The zero-order valence-electron chi connectivity index (χ0n) is 16.2. The lowest BCUT2D eigenvalue weighted by Crippen LogP contribution is -2.60. The fourth-order valence-electron chi connectivity index (χ4n) is 4.00. The molecule has 3 N–H and O–H groups in total. The van der Waals surface area contributed by atoms with E-state index in [4.69, 9.17) is 9.84 Å².